The number of benzene rings is 1. The van der Waals surface area contributed by atoms with Gasteiger partial charge >= 0.3 is 0 Å². The Kier molecular flexibility index (Phi) is 2.53. The molecule has 1 heterocycles. The SMILES string of the molecule is O=C1c2ccccc2C(=O)N1C1CC2CC(F)(F)CC2C1. The number of alkyl halides is 2. The van der Waals surface area contributed by atoms with Crippen molar-refractivity contribution < 1.29 is 18.4 Å². The van der Waals surface area contributed by atoms with Crippen molar-refractivity contribution in [1.29, 1.82) is 0 Å². The molecule has 110 valence electrons. The maximum Gasteiger partial charge on any atom is 0.261 e. The van der Waals surface area contributed by atoms with Crippen LogP contribution in [0.1, 0.15) is 46.4 Å². The lowest BCUT2D eigenvalue weighted by Gasteiger charge is -2.23. The van der Waals surface area contributed by atoms with Gasteiger partial charge in [0.15, 0.2) is 0 Å². The van der Waals surface area contributed by atoms with Crippen LogP contribution in [0.5, 0.6) is 0 Å². The highest BCUT2D eigenvalue weighted by Gasteiger charge is 2.53. The third-order valence-corrected chi connectivity index (χ3v) is 5.13. The number of carbonyl (C=O) groups is 2. The molecule has 2 amide bonds. The summed E-state index contributed by atoms with van der Waals surface area (Å²) in [7, 11) is 0. The Bertz CT molecular complexity index is 592. The van der Waals surface area contributed by atoms with Gasteiger partial charge in [-0.05, 0) is 36.8 Å². The zero-order valence-electron chi connectivity index (χ0n) is 11.4. The van der Waals surface area contributed by atoms with Gasteiger partial charge in [0.1, 0.15) is 0 Å². The molecule has 2 saturated carbocycles. The molecule has 1 aromatic carbocycles. The lowest BCUT2D eigenvalue weighted by Crippen LogP contribution is -2.39. The van der Waals surface area contributed by atoms with E-state index in [4.69, 9.17) is 0 Å². The maximum absolute atomic E-state index is 13.4. The summed E-state index contributed by atoms with van der Waals surface area (Å²) in [6, 6.07) is 6.55. The normalized spacial score (nSPS) is 33.4. The molecule has 2 fully saturated rings. The number of hydrogen-bond donors (Lipinski definition) is 0. The first-order valence-electron chi connectivity index (χ1n) is 7.31. The van der Waals surface area contributed by atoms with Gasteiger partial charge in [-0.2, -0.15) is 0 Å². The van der Waals surface area contributed by atoms with Gasteiger partial charge in [-0.1, -0.05) is 12.1 Å². The van der Waals surface area contributed by atoms with E-state index in [1.165, 1.54) is 4.90 Å². The molecule has 5 heteroatoms. The van der Waals surface area contributed by atoms with E-state index in [1.54, 1.807) is 24.3 Å². The first-order valence-corrected chi connectivity index (χ1v) is 7.31. The number of fused-ring (bicyclic) bond motifs is 2. The molecule has 4 rings (SSSR count). The van der Waals surface area contributed by atoms with Crippen LogP contribution in [0, 0.1) is 11.8 Å². The number of hydrogen-bond acceptors (Lipinski definition) is 2. The summed E-state index contributed by atoms with van der Waals surface area (Å²) in [5.74, 6) is -3.23. The fourth-order valence-electron chi connectivity index (χ4n) is 4.28. The second kappa shape index (κ2) is 4.12. The van der Waals surface area contributed by atoms with E-state index in [9.17, 15) is 18.4 Å². The van der Waals surface area contributed by atoms with E-state index in [1.807, 2.05) is 0 Å². The van der Waals surface area contributed by atoms with Gasteiger partial charge in [0.25, 0.3) is 11.8 Å². The van der Waals surface area contributed by atoms with Crippen molar-refractivity contribution in [3.63, 3.8) is 0 Å². The second-order valence-corrected chi connectivity index (χ2v) is 6.44. The number of carbonyl (C=O) groups excluding carboxylic acids is 2. The average molecular weight is 291 g/mol. The first kappa shape index (κ1) is 12.9. The summed E-state index contributed by atoms with van der Waals surface area (Å²) in [6.07, 6.45) is 0.839. The van der Waals surface area contributed by atoms with Crippen LogP contribution < -0.4 is 0 Å². The fraction of sp³-hybridized carbons (Fsp3) is 0.500. The van der Waals surface area contributed by atoms with Crippen molar-refractivity contribution in [2.24, 2.45) is 11.8 Å². The zero-order chi connectivity index (χ0) is 14.8. The lowest BCUT2D eigenvalue weighted by atomic mass is 10.0. The Balaban J connectivity index is 1.58. The van der Waals surface area contributed by atoms with Crippen molar-refractivity contribution in [3.05, 3.63) is 35.4 Å². The molecule has 0 N–H and O–H groups in total. The van der Waals surface area contributed by atoms with Gasteiger partial charge < -0.3 is 0 Å². The number of amides is 2. The van der Waals surface area contributed by atoms with Crippen molar-refractivity contribution in [2.75, 3.05) is 0 Å². The number of imide groups is 1. The highest BCUT2D eigenvalue weighted by molar-refractivity contribution is 6.21. The predicted molar refractivity (Wildman–Crippen MR) is 71.1 cm³/mol. The molecular formula is C16H15F2NO2. The van der Waals surface area contributed by atoms with Crippen LogP contribution in [0.3, 0.4) is 0 Å². The van der Waals surface area contributed by atoms with E-state index in [-0.39, 0.29) is 42.5 Å². The van der Waals surface area contributed by atoms with E-state index in [0.29, 0.717) is 24.0 Å². The molecule has 0 bridgehead atoms. The summed E-state index contributed by atoms with van der Waals surface area (Å²) < 4.78 is 26.8. The van der Waals surface area contributed by atoms with E-state index in [0.717, 1.165) is 0 Å². The molecular weight excluding hydrogens is 276 g/mol. The molecule has 0 aromatic heterocycles. The standard InChI is InChI=1S/C16H15F2NO2/c17-16(18)7-9-5-11(6-10(9)8-16)19-14(20)12-3-1-2-4-13(12)15(19)21/h1-4,9-11H,5-8H2. The minimum atomic E-state index is -2.57. The van der Waals surface area contributed by atoms with Crippen LogP contribution in [0.2, 0.25) is 0 Å². The third kappa shape index (κ3) is 1.83. The number of rotatable bonds is 1. The van der Waals surface area contributed by atoms with Gasteiger partial charge in [-0.15, -0.1) is 0 Å². The second-order valence-electron chi connectivity index (χ2n) is 6.44. The maximum atomic E-state index is 13.4. The van der Waals surface area contributed by atoms with Crippen LogP contribution in [0.4, 0.5) is 8.78 Å². The molecule has 0 saturated heterocycles. The number of halogens is 2. The van der Waals surface area contributed by atoms with Crippen molar-refractivity contribution in [2.45, 2.75) is 37.6 Å². The average Bonchev–Trinajstić information content (AvgIpc) is 2.99. The number of nitrogens with zero attached hydrogens (tertiary/aromatic N) is 1. The summed E-state index contributed by atoms with van der Waals surface area (Å²) in [4.78, 5) is 26.1. The van der Waals surface area contributed by atoms with Gasteiger partial charge in [0, 0.05) is 18.9 Å². The molecule has 1 aromatic rings. The molecule has 21 heavy (non-hydrogen) atoms. The highest BCUT2D eigenvalue weighted by atomic mass is 19.3. The summed E-state index contributed by atoms with van der Waals surface area (Å²) in [6.45, 7) is 0. The Hall–Kier alpha value is -1.78. The quantitative estimate of drug-likeness (QED) is 0.746. The Morgan fingerprint density at radius 3 is 1.90 bits per heavy atom. The topological polar surface area (TPSA) is 37.4 Å². The van der Waals surface area contributed by atoms with E-state index < -0.39 is 5.92 Å². The first-order chi connectivity index (χ1) is 9.96. The van der Waals surface area contributed by atoms with Gasteiger partial charge in [0.2, 0.25) is 5.92 Å². The molecule has 1 aliphatic heterocycles. The minimum Gasteiger partial charge on any atom is -0.271 e. The molecule has 2 unspecified atom stereocenters. The van der Waals surface area contributed by atoms with Gasteiger partial charge in [-0.3, -0.25) is 14.5 Å². The fourth-order valence-corrected chi connectivity index (χ4v) is 4.28. The van der Waals surface area contributed by atoms with Crippen LogP contribution >= 0.6 is 0 Å². The summed E-state index contributed by atoms with van der Waals surface area (Å²) in [5.41, 5.74) is 0.870. The molecule has 3 aliphatic rings. The monoisotopic (exact) mass is 291 g/mol. The van der Waals surface area contributed by atoms with E-state index >= 15 is 0 Å². The smallest absolute Gasteiger partial charge is 0.261 e. The molecule has 0 radical (unpaired) electrons. The Morgan fingerprint density at radius 2 is 1.43 bits per heavy atom. The van der Waals surface area contributed by atoms with Crippen molar-refractivity contribution in [1.82, 2.24) is 4.90 Å². The van der Waals surface area contributed by atoms with Crippen molar-refractivity contribution >= 4 is 11.8 Å². The van der Waals surface area contributed by atoms with E-state index in [2.05, 4.69) is 0 Å². The minimum absolute atomic E-state index is 0.0608. The zero-order valence-corrected chi connectivity index (χ0v) is 11.4. The van der Waals surface area contributed by atoms with Crippen LogP contribution in [0.15, 0.2) is 24.3 Å². The molecule has 2 aliphatic carbocycles. The summed E-state index contributed by atoms with van der Waals surface area (Å²) >= 11 is 0. The molecule has 0 spiro atoms. The van der Waals surface area contributed by atoms with Gasteiger partial charge in [-0.25, -0.2) is 8.78 Å². The predicted octanol–water partition coefficient (Wildman–Crippen LogP) is 3.11. The Labute approximate surface area is 120 Å². The third-order valence-electron chi connectivity index (χ3n) is 5.13. The largest absolute Gasteiger partial charge is 0.271 e. The van der Waals surface area contributed by atoms with Gasteiger partial charge in [0.05, 0.1) is 11.1 Å². The Morgan fingerprint density at radius 1 is 0.952 bits per heavy atom. The summed E-state index contributed by atoms with van der Waals surface area (Å²) in [5, 5.41) is 0. The highest BCUT2D eigenvalue weighted by Crippen LogP contribution is 2.52. The molecule has 3 nitrogen and oxygen atoms in total. The molecule has 2 atom stereocenters. The van der Waals surface area contributed by atoms with Crippen LogP contribution in [0.25, 0.3) is 0 Å². The lowest BCUT2D eigenvalue weighted by molar-refractivity contribution is -0.00165. The van der Waals surface area contributed by atoms with Crippen LogP contribution in [-0.4, -0.2) is 28.7 Å². The van der Waals surface area contributed by atoms with Crippen LogP contribution in [-0.2, 0) is 0 Å². The van der Waals surface area contributed by atoms with Crippen molar-refractivity contribution in [3.8, 4) is 0 Å².